The maximum absolute atomic E-state index is 12.6. The number of nitrogens with zero attached hydrogens (tertiary/aromatic N) is 2. The third kappa shape index (κ3) is 4.91. The Hall–Kier alpha value is -2.53. The van der Waals surface area contributed by atoms with Crippen molar-refractivity contribution in [2.45, 2.75) is 18.4 Å². The summed E-state index contributed by atoms with van der Waals surface area (Å²) in [5, 5.41) is 5.58. The lowest BCUT2D eigenvalue weighted by atomic mass is 10.2. The third-order valence-corrected chi connectivity index (χ3v) is 6.03. The van der Waals surface area contributed by atoms with Crippen molar-refractivity contribution in [3.63, 3.8) is 0 Å². The van der Waals surface area contributed by atoms with Crippen molar-refractivity contribution in [2.24, 2.45) is 10.1 Å². The molecule has 0 bridgehead atoms. The Morgan fingerprint density at radius 2 is 2.00 bits per heavy atom. The van der Waals surface area contributed by atoms with Crippen LogP contribution in [0.3, 0.4) is 0 Å². The van der Waals surface area contributed by atoms with Crippen LogP contribution in [0.1, 0.15) is 17.3 Å². The number of ether oxygens (including phenoxy) is 1. The smallest absolute Gasteiger partial charge is 0.326 e. The van der Waals surface area contributed by atoms with Crippen LogP contribution < -0.4 is 9.94 Å². The Balaban J connectivity index is 2.17. The first-order chi connectivity index (χ1) is 13.7. The van der Waals surface area contributed by atoms with Crippen LogP contribution in [0.2, 0.25) is 5.02 Å². The van der Waals surface area contributed by atoms with Gasteiger partial charge in [0.15, 0.2) is 4.80 Å². The van der Waals surface area contributed by atoms with Crippen LogP contribution in [0.25, 0.3) is 10.2 Å². The predicted octanol–water partition coefficient (Wildman–Crippen LogP) is 2.31. The summed E-state index contributed by atoms with van der Waals surface area (Å²) in [5.41, 5.74) is 0.802. The Morgan fingerprint density at radius 3 is 2.66 bits per heavy atom. The standard InChI is InChI=1S/C18H16ClN3O5S2/c1-2-27-16(23)10-22-14-7-6-13(29(20,25)26)9-15(14)28-18(22)21-17(24)11-4-3-5-12(19)8-11/h3-9H,2,10H2,1H3,(H2,20,25,26). The molecule has 0 aliphatic heterocycles. The van der Waals surface area contributed by atoms with E-state index in [4.69, 9.17) is 21.5 Å². The van der Waals surface area contributed by atoms with Crippen molar-refractivity contribution in [3.8, 4) is 0 Å². The normalized spacial score (nSPS) is 12.3. The van der Waals surface area contributed by atoms with Crippen LogP contribution >= 0.6 is 22.9 Å². The zero-order chi connectivity index (χ0) is 21.2. The Morgan fingerprint density at radius 1 is 1.24 bits per heavy atom. The number of carbonyl (C=O) groups excluding carboxylic acids is 2. The molecular weight excluding hydrogens is 438 g/mol. The molecule has 0 fully saturated rings. The van der Waals surface area contributed by atoms with Gasteiger partial charge in [0.1, 0.15) is 6.54 Å². The van der Waals surface area contributed by atoms with Crippen LogP contribution in [-0.2, 0) is 26.1 Å². The zero-order valence-corrected chi connectivity index (χ0v) is 17.6. The largest absolute Gasteiger partial charge is 0.465 e. The number of thiazole rings is 1. The molecule has 0 aliphatic carbocycles. The lowest BCUT2D eigenvalue weighted by Gasteiger charge is -2.05. The number of aromatic nitrogens is 1. The third-order valence-electron chi connectivity index (χ3n) is 3.84. The van der Waals surface area contributed by atoms with Gasteiger partial charge >= 0.3 is 5.97 Å². The van der Waals surface area contributed by atoms with E-state index < -0.39 is 21.9 Å². The molecule has 0 saturated carbocycles. The average Bonchev–Trinajstić information content (AvgIpc) is 2.97. The summed E-state index contributed by atoms with van der Waals surface area (Å²) in [4.78, 5) is 28.8. The molecule has 3 aromatic rings. The van der Waals surface area contributed by atoms with E-state index in [1.807, 2.05) is 0 Å². The first-order valence-corrected chi connectivity index (χ1v) is 11.1. The number of fused-ring (bicyclic) bond motifs is 1. The highest BCUT2D eigenvalue weighted by atomic mass is 35.5. The minimum Gasteiger partial charge on any atom is -0.465 e. The minimum atomic E-state index is -3.91. The molecule has 1 aromatic heterocycles. The molecule has 1 heterocycles. The van der Waals surface area contributed by atoms with Crippen LogP contribution in [0, 0.1) is 0 Å². The molecule has 3 rings (SSSR count). The molecule has 0 unspecified atom stereocenters. The topological polar surface area (TPSA) is 121 Å². The molecule has 0 aliphatic rings. The summed E-state index contributed by atoms with van der Waals surface area (Å²) in [6.45, 7) is 1.69. The maximum atomic E-state index is 12.6. The van der Waals surface area contributed by atoms with Crippen LogP contribution in [0.4, 0.5) is 0 Å². The highest BCUT2D eigenvalue weighted by Gasteiger charge is 2.16. The second kappa shape index (κ2) is 8.46. The Bertz CT molecular complexity index is 1280. The minimum absolute atomic E-state index is 0.0812. The summed E-state index contributed by atoms with van der Waals surface area (Å²) in [6.07, 6.45) is 0. The second-order valence-corrected chi connectivity index (χ2v) is 8.88. The Kier molecular flexibility index (Phi) is 6.18. The number of benzene rings is 2. The number of amides is 1. The highest BCUT2D eigenvalue weighted by Crippen LogP contribution is 2.21. The van der Waals surface area contributed by atoms with E-state index in [1.54, 1.807) is 25.1 Å². The van der Waals surface area contributed by atoms with Gasteiger partial charge in [-0.3, -0.25) is 9.59 Å². The number of sulfonamides is 1. The van der Waals surface area contributed by atoms with Gasteiger partial charge in [-0.2, -0.15) is 4.99 Å². The zero-order valence-electron chi connectivity index (χ0n) is 15.2. The molecule has 2 aromatic carbocycles. The summed E-state index contributed by atoms with van der Waals surface area (Å²) in [7, 11) is -3.91. The number of carbonyl (C=O) groups is 2. The summed E-state index contributed by atoms with van der Waals surface area (Å²) in [6, 6.07) is 10.5. The average molecular weight is 454 g/mol. The van der Waals surface area contributed by atoms with Crippen molar-refractivity contribution in [2.75, 3.05) is 6.61 Å². The number of hydrogen-bond acceptors (Lipinski definition) is 6. The number of nitrogens with two attached hydrogens (primary N) is 1. The lowest BCUT2D eigenvalue weighted by molar-refractivity contribution is -0.143. The van der Waals surface area contributed by atoms with Gasteiger partial charge in [0, 0.05) is 10.6 Å². The van der Waals surface area contributed by atoms with Crippen molar-refractivity contribution >= 4 is 55.1 Å². The first-order valence-electron chi connectivity index (χ1n) is 8.35. The van der Waals surface area contributed by atoms with Gasteiger partial charge in [-0.05, 0) is 43.3 Å². The lowest BCUT2D eigenvalue weighted by Crippen LogP contribution is -2.23. The monoisotopic (exact) mass is 453 g/mol. The molecule has 29 heavy (non-hydrogen) atoms. The van der Waals surface area contributed by atoms with Crippen LogP contribution in [0.15, 0.2) is 52.4 Å². The highest BCUT2D eigenvalue weighted by molar-refractivity contribution is 7.89. The number of halogens is 1. The first kappa shape index (κ1) is 21.2. The Labute approximate surface area is 175 Å². The number of primary sulfonamides is 1. The number of esters is 1. The van der Waals surface area contributed by atoms with E-state index in [0.29, 0.717) is 15.2 Å². The van der Waals surface area contributed by atoms with Crippen molar-refractivity contribution in [1.29, 1.82) is 0 Å². The van der Waals surface area contributed by atoms with Crippen LogP contribution in [0.5, 0.6) is 0 Å². The molecule has 0 radical (unpaired) electrons. The number of rotatable bonds is 5. The van der Waals surface area contributed by atoms with Gasteiger partial charge in [0.25, 0.3) is 5.91 Å². The van der Waals surface area contributed by atoms with Gasteiger partial charge in [-0.1, -0.05) is 29.0 Å². The van der Waals surface area contributed by atoms with Crippen molar-refractivity contribution in [1.82, 2.24) is 4.57 Å². The second-order valence-electron chi connectivity index (χ2n) is 5.88. The summed E-state index contributed by atoms with van der Waals surface area (Å²) < 4.78 is 30.3. The molecule has 0 spiro atoms. The molecule has 2 N–H and O–H groups in total. The molecule has 152 valence electrons. The summed E-state index contributed by atoms with van der Waals surface area (Å²) >= 11 is 6.98. The van der Waals surface area contributed by atoms with E-state index >= 15 is 0 Å². The fourth-order valence-electron chi connectivity index (χ4n) is 2.58. The van der Waals surface area contributed by atoms with Gasteiger partial charge in [0.05, 0.1) is 21.7 Å². The molecule has 1 amide bonds. The van der Waals surface area contributed by atoms with Crippen LogP contribution in [-0.4, -0.2) is 31.5 Å². The fourth-order valence-corrected chi connectivity index (χ4v) is 4.45. The van der Waals surface area contributed by atoms with E-state index in [2.05, 4.69) is 4.99 Å². The van der Waals surface area contributed by atoms with E-state index in [-0.39, 0.29) is 28.4 Å². The summed E-state index contributed by atoms with van der Waals surface area (Å²) in [5.74, 6) is -1.07. The molecule has 0 saturated heterocycles. The van der Waals surface area contributed by atoms with Gasteiger partial charge in [0.2, 0.25) is 10.0 Å². The number of hydrogen-bond donors (Lipinski definition) is 1. The molecule has 11 heteroatoms. The van der Waals surface area contributed by atoms with E-state index in [0.717, 1.165) is 11.3 Å². The van der Waals surface area contributed by atoms with Gasteiger partial charge in [-0.25, -0.2) is 13.6 Å². The SMILES string of the molecule is CCOC(=O)Cn1c(=NC(=O)c2cccc(Cl)c2)sc2cc(S(N)(=O)=O)ccc21. The quantitative estimate of drug-likeness (QED) is 0.594. The van der Waals surface area contributed by atoms with Crippen molar-refractivity contribution < 1.29 is 22.7 Å². The van der Waals surface area contributed by atoms with E-state index in [9.17, 15) is 18.0 Å². The maximum Gasteiger partial charge on any atom is 0.326 e. The van der Waals surface area contributed by atoms with Gasteiger partial charge in [-0.15, -0.1) is 0 Å². The fraction of sp³-hybridized carbons (Fsp3) is 0.167. The van der Waals surface area contributed by atoms with Crippen molar-refractivity contribution in [3.05, 3.63) is 57.9 Å². The predicted molar refractivity (Wildman–Crippen MR) is 109 cm³/mol. The molecular formula is C18H16ClN3O5S2. The molecule has 8 nitrogen and oxygen atoms in total. The van der Waals surface area contributed by atoms with Gasteiger partial charge < -0.3 is 9.30 Å². The van der Waals surface area contributed by atoms with E-state index in [1.165, 1.54) is 28.8 Å². The molecule has 0 atom stereocenters.